The van der Waals surface area contributed by atoms with Gasteiger partial charge >= 0.3 is 17.9 Å². The summed E-state index contributed by atoms with van der Waals surface area (Å²) in [5.74, 6) is -1.00. The molecule has 0 aromatic heterocycles. The molecule has 0 aliphatic heterocycles. The lowest BCUT2D eigenvalue weighted by molar-refractivity contribution is -0.166. The number of hydrogen-bond acceptors (Lipinski definition) is 6. The van der Waals surface area contributed by atoms with E-state index in [-0.39, 0.29) is 31.6 Å². The van der Waals surface area contributed by atoms with Crippen molar-refractivity contribution >= 4 is 17.9 Å². The van der Waals surface area contributed by atoms with Crippen molar-refractivity contribution in [1.82, 2.24) is 0 Å². The van der Waals surface area contributed by atoms with Crippen LogP contribution in [0.5, 0.6) is 0 Å². The summed E-state index contributed by atoms with van der Waals surface area (Å²) in [6.45, 7) is 6.44. The van der Waals surface area contributed by atoms with Gasteiger partial charge in [0, 0.05) is 19.3 Å². The predicted octanol–water partition coefficient (Wildman–Crippen LogP) is 20.7. The highest BCUT2D eigenvalue weighted by atomic mass is 16.6. The van der Waals surface area contributed by atoms with Gasteiger partial charge in [-0.2, -0.15) is 0 Å². The highest BCUT2D eigenvalue weighted by molar-refractivity contribution is 5.71. The summed E-state index contributed by atoms with van der Waals surface area (Å²) in [5, 5.41) is 0. The minimum absolute atomic E-state index is 0.112. The Bertz CT molecular complexity index is 1490. The van der Waals surface area contributed by atoms with Gasteiger partial charge in [0.2, 0.25) is 0 Å². The molecule has 73 heavy (non-hydrogen) atoms. The molecule has 6 nitrogen and oxygen atoms in total. The second kappa shape index (κ2) is 60.6. The molecule has 0 saturated heterocycles. The number of carbonyl (C=O) groups excluding carboxylic acids is 3. The van der Waals surface area contributed by atoms with Crippen LogP contribution < -0.4 is 0 Å². The Kier molecular flexibility index (Phi) is 57.4. The van der Waals surface area contributed by atoms with Crippen molar-refractivity contribution in [3.8, 4) is 0 Å². The van der Waals surface area contributed by atoms with E-state index in [9.17, 15) is 14.4 Å². The van der Waals surface area contributed by atoms with E-state index in [0.29, 0.717) is 19.3 Å². The molecule has 1 atom stereocenters. The number of esters is 3. The van der Waals surface area contributed by atoms with Gasteiger partial charge in [-0.1, -0.05) is 252 Å². The SMILES string of the molecule is CC/C=C\C/C=C\C/C=C\C/C=C\C/C=C\C/C=C\CCC(=O)O[C@@H](COC(=O)CCCCCCCCC/C=C\CCCCCCCC)COC(=O)CCCCCCCCCCC/C=C\C/C=C\CCCCC. The molecule has 0 aromatic carbocycles. The maximum absolute atomic E-state index is 12.9. The Morgan fingerprint density at radius 3 is 0.932 bits per heavy atom. The fourth-order valence-electron chi connectivity index (χ4n) is 8.20. The van der Waals surface area contributed by atoms with Crippen molar-refractivity contribution in [1.29, 1.82) is 0 Å². The second-order valence-corrected chi connectivity index (χ2v) is 19.9. The van der Waals surface area contributed by atoms with E-state index >= 15 is 0 Å². The molecule has 0 aliphatic carbocycles. The molecule has 0 aliphatic rings. The molecule has 0 aromatic rings. The predicted molar refractivity (Wildman–Crippen MR) is 316 cm³/mol. The van der Waals surface area contributed by atoms with E-state index in [1.54, 1.807) is 0 Å². The first-order valence-electron chi connectivity index (χ1n) is 30.4. The van der Waals surface area contributed by atoms with Crippen LogP contribution in [0.1, 0.15) is 278 Å². The molecule has 0 saturated carbocycles. The minimum atomic E-state index is -0.825. The lowest BCUT2D eigenvalue weighted by Crippen LogP contribution is -2.30. The first-order valence-corrected chi connectivity index (χ1v) is 30.4. The van der Waals surface area contributed by atoms with Crippen molar-refractivity contribution in [3.05, 3.63) is 109 Å². The molecule has 416 valence electrons. The van der Waals surface area contributed by atoms with Crippen LogP contribution in [-0.2, 0) is 28.6 Å². The zero-order valence-electron chi connectivity index (χ0n) is 47.6. The molecular formula is C67H112O6. The normalized spacial score (nSPS) is 12.9. The second-order valence-electron chi connectivity index (χ2n) is 19.9. The van der Waals surface area contributed by atoms with Gasteiger partial charge in [-0.15, -0.1) is 0 Å². The fourth-order valence-corrected chi connectivity index (χ4v) is 8.20. The Balaban J connectivity index is 4.51. The third kappa shape index (κ3) is 58.8. The van der Waals surface area contributed by atoms with Gasteiger partial charge in [-0.3, -0.25) is 14.4 Å². The smallest absolute Gasteiger partial charge is 0.306 e. The lowest BCUT2D eigenvalue weighted by atomic mass is 10.1. The summed E-state index contributed by atoms with van der Waals surface area (Å²) < 4.78 is 16.8. The van der Waals surface area contributed by atoms with Crippen molar-refractivity contribution in [2.75, 3.05) is 13.2 Å². The Morgan fingerprint density at radius 1 is 0.288 bits per heavy atom. The van der Waals surface area contributed by atoms with Crippen LogP contribution in [0.15, 0.2) is 109 Å². The van der Waals surface area contributed by atoms with Gasteiger partial charge in [0.15, 0.2) is 6.10 Å². The third-order valence-corrected chi connectivity index (χ3v) is 12.7. The van der Waals surface area contributed by atoms with Gasteiger partial charge in [0.05, 0.1) is 0 Å². The lowest BCUT2D eigenvalue weighted by Gasteiger charge is -2.18. The summed E-state index contributed by atoms with van der Waals surface area (Å²) in [7, 11) is 0. The van der Waals surface area contributed by atoms with Gasteiger partial charge in [0.1, 0.15) is 13.2 Å². The van der Waals surface area contributed by atoms with Gasteiger partial charge in [-0.05, 0) is 116 Å². The molecule has 6 heteroatoms. The van der Waals surface area contributed by atoms with E-state index in [2.05, 4.69) is 124 Å². The number of unbranched alkanes of at least 4 members (excludes halogenated alkanes) is 25. The largest absolute Gasteiger partial charge is 0.462 e. The molecule has 0 fully saturated rings. The van der Waals surface area contributed by atoms with E-state index in [1.807, 2.05) is 6.08 Å². The average Bonchev–Trinajstić information content (AvgIpc) is 3.39. The van der Waals surface area contributed by atoms with Crippen LogP contribution in [0, 0.1) is 0 Å². The van der Waals surface area contributed by atoms with E-state index in [4.69, 9.17) is 14.2 Å². The molecular weight excluding hydrogens is 901 g/mol. The fraction of sp³-hybridized carbons (Fsp3) is 0.687. The summed E-state index contributed by atoms with van der Waals surface area (Å²) in [5.41, 5.74) is 0. The van der Waals surface area contributed by atoms with Crippen LogP contribution in [0.2, 0.25) is 0 Å². The third-order valence-electron chi connectivity index (χ3n) is 12.7. The highest BCUT2D eigenvalue weighted by Crippen LogP contribution is 2.15. The van der Waals surface area contributed by atoms with E-state index in [0.717, 1.165) is 83.5 Å². The van der Waals surface area contributed by atoms with Crippen LogP contribution in [0.3, 0.4) is 0 Å². The molecule has 0 amide bonds. The van der Waals surface area contributed by atoms with Crippen molar-refractivity contribution in [3.63, 3.8) is 0 Å². The first kappa shape index (κ1) is 69.1. The zero-order valence-corrected chi connectivity index (χ0v) is 47.6. The molecule has 0 radical (unpaired) electrons. The Morgan fingerprint density at radius 2 is 0.562 bits per heavy atom. The van der Waals surface area contributed by atoms with Crippen molar-refractivity contribution in [2.45, 2.75) is 284 Å². The van der Waals surface area contributed by atoms with Gasteiger partial charge < -0.3 is 14.2 Å². The average molecular weight is 1010 g/mol. The number of allylic oxidation sites excluding steroid dienone is 18. The maximum Gasteiger partial charge on any atom is 0.306 e. The topological polar surface area (TPSA) is 78.9 Å². The van der Waals surface area contributed by atoms with E-state index in [1.165, 1.54) is 148 Å². The minimum Gasteiger partial charge on any atom is -0.462 e. The van der Waals surface area contributed by atoms with Gasteiger partial charge in [0.25, 0.3) is 0 Å². The van der Waals surface area contributed by atoms with Gasteiger partial charge in [-0.25, -0.2) is 0 Å². The maximum atomic E-state index is 12.9. The molecule has 0 bridgehead atoms. The highest BCUT2D eigenvalue weighted by Gasteiger charge is 2.19. The quantitative estimate of drug-likeness (QED) is 0.0261. The number of rotatable bonds is 54. The number of ether oxygens (including phenoxy) is 3. The molecule has 0 heterocycles. The van der Waals surface area contributed by atoms with Crippen LogP contribution in [0.4, 0.5) is 0 Å². The molecule has 0 unspecified atom stereocenters. The van der Waals surface area contributed by atoms with Crippen molar-refractivity contribution in [2.24, 2.45) is 0 Å². The summed E-state index contributed by atoms with van der Waals surface area (Å²) in [4.78, 5) is 38.2. The number of hydrogen-bond donors (Lipinski definition) is 0. The van der Waals surface area contributed by atoms with Crippen molar-refractivity contribution < 1.29 is 28.6 Å². The van der Waals surface area contributed by atoms with E-state index < -0.39 is 12.1 Å². The molecule has 0 N–H and O–H groups in total. The Labute approximate surface area is 450 Å². The summed E-state index contributed by atoms with van der Waals surface area (Å²) in [6.07, 6.45) is 82.3. The summed E-state index contributed by atoms with van der Waals surface area (Å²) >= 11 is 0. The molecule has 0 rings (SSSR count). The summed E-state index contributed by atoms with van der Waals surface area (Å²) in [6, 6.07) is 0. The van der Waals surface area contributed by atoms with Crippen LogP contribution >= 0.6 is 0 Å². The monoisotopic (exact) mass is 1010 g/mol. The Hall–Kier alpha value is -3.93. The number of carbonyl (C=O) groups is 3. The van der Waals surface area contributed by atoms with Crippen LogP contribution in [0.25, 0.3) is 0 Å². The standard InChI is InChI=1S/C67H112O6/c1-4-7-10-13-16-19-22-25-28-31-33-36-39-42-45-48-51-54-57-60-66(69)72-63-64(62-71-65(68)59-56-53-50-47-44-41-38-35-30-27-24-21-18-15-12-9-6-3)73-67(70)61-58-55-52-49-46-43-40-37-34-32-29-26-23-20-17-14-11-8-5-2/h8,11,16-17,19-20,25-30,34,37,43,46,52,55,64H,4-7,9-10,12-15,18,21-24,31-33,35-36,38-42,44-45,47-51,53-54,56-63H2,1-3H3/b11-8-,19-16-,20-17-,28-25-,29-26-,30-27-,37-34-,46-43-,55-52-/t64-/m0/s1. The van der Waals surface area contributed by atoms with Crippen LogP contribution in [-0.4, -0.2) is 37.2 Å². The first-order chi connectivity index (χ1) is 36.0. The zero-order chi connectivity index (χ0) is 52.9. The molecule has 0 spiro atoms.